The number of thioether (sulfide) groups is 1. The molecule has 1 amide bonds. The van der Waals surface area contributed by atoms with Crippen molar-refractivity contribution < 1.29 is 19.1 Å². The molecular formula is C15H18N2O4S. The van der Waals surface area contributed by atoms with Crippen molar-refractivity contribution in [2.24, 2.45) is 4.99 Å². The van der Waals surface area contributed by atoms with E-state index in [1.807, 2.05) is 30.3 Å². The average Bonchev–Trinajstić information content (AvgIpc) is 3.03. The minimum Gasteiger partial charge on any atom is -0.467 e. The van der Waals surface area contributed by atoms with Crippen molar-refractivity contribution >= 4 is 28.9 Å². The molecule has 0 saturated carbocycles. The highest BCUT2D eigenvalue weighted by atomic mass is 32.2. The van der Waals surface area contributed by atoms with Gasteiger partial charge in [0.25, 0.3) is 0 Å². The molecule has 0 radical (unpaired) electrons. The highest BCUT2D eigenvalue weighted by Gasteiger charge is 2.28. The number of aliphatic imine (C=N–C) groups is 1. The van der Waals surface area contributed by atoms with E-state index in [1.54, 1.807) is 6.92 Å². The van der Waals surface area contributed by atoms with Gasteiger partial charge < -0.3 is 14.8 Å². The lowest BCUT2D eigenvalue weighted by Gasteiger charge is -2.13. The Bertz CT molecular complexity index is 562. The Morgan fingerprint density at radius 1 is 1.41 bits per heavy atom. The average molecular weight is 322 g/mol. The predicted octanol–water partition coefficient (Wildman–Crippen LogP) is 1.99. The molecule has 1 aliphatic heterocycles. The number of esters is 1. The first-order chi connectivity index (χ1) is 10.6. The molecule has 1 aliphatic rings. The zero-order valence-corrected chi connectivity index (χ0v) is 13.3. The molecule has 118 valence electrons. The molecular weight excluding hydrogens is 304 g/mol. The van der Waals surface area contributed by atoms with Crippen LogP contribution in [-0.4, -0.2) is 42.1 Å². The third kappa shape index (κ3) is 4.49. The second kappa shape index (κ2) is 7.84. The van der Waals surface area contributed by atoms with Crippen LogP contribution in [0.5, 0.6) is 0 Å². The summed E-state index contributed by atoms with van der Waals surface area (Å²) < 4.78 is 9.81. The van der Waals surface area contributed by atoms with Crippen molar-refractivity contribution in [1.82, 2.24) is 5.32 Å². The lowest BCUT2D eigenvalue weighted by molar-refractivity contribution is -0.141. The molecule has 0 saturated heterocycles. The Balaban J connectivity index is 1.80. The molecule has 6 nitrogen and oxygen atoms in total. The van der Waals surface area contributed by atoms with E-state index in [0.29, 0.717) is 10.8 Å². The van der Waals surface area contributed by atoms with E-state index in [-0.39, 0.29) is 18.6 Å². The number of nitrogens with zero attached hydrogens (tertiary/aromatic N) is 1. The van der Waals surface area contributed by atoms with Crippen molar-refractivity contribution in [2.45, 2.75) is 25.6 Å². The summed E-state index contributed by atoms with van der Waals surface area (Å²) in [7, 11) is 1.34. The highest BCUT2D eigenvalue weighted by Crippen LogP contribution is 2.21. The van der Waals surface area contributed by atoms with Crippen LogP contribution in [0, 0.1) is 0 Å². The van der Waals surface area contributed by atoms with Gasteiger partial charge in [0.15, 0.2) is 6.04 Å². The molecule has 1 aromatic rings. The van der Waals surface area contributed by atoms with Crippen LogP contribution in [0.4, 0.5) is 4.79 Å². The van der Waals surface area contributed by atoms with Crippen molar-refractivity contribution in [3.63, 3.8) is 0 Å². The summed E-state index contributed by atoms with van der Waals surface area (Å²) in [4.78, 5) is 27.4. The third-order valence-corrected chi connectivity index (χ3v) is 4.30. The van der Waals surface area contributed by atoms with Crippen molar-refractivity contribution in [1.29, 1.82) is 0 Å². The minimum atomic E-state index is -0.513. The Morgan fingerprint density at radius 3 is 2.82 bits per heavy atom. The Labute approximate surface area is 133 Å². The van der Waals surface area contributed by atoms with Gasteiger partial charge in [0.2, 0.25) is 0 Å². The van der Waals surface area contributed by atoms with Gasteiger partial charge in [-0.15, -0.1) is 11.8 Å². The van der Waals surface area contributed by atoms with Gasteiger partial charge in [-0.3, -0.25) is 4.99 Å². The summed E-state index contributed by atoms with van der Waals surface area (Å²) in [6.45, 7) is 2.01. The van der Waals surface area contributed by atoms with Crippen LogP contribution >= 0.6 is 11.8 Å². The number of carbonyl (C=O) groups is 2. The Hall–Kier alpha value is -2.02. The van der Waals surface area contributed by atoms with E-state index in [9.17, 15) is 9.59 Å². The predicted molar refractivity (Wildman–Crippen MR) is 84.9 cm³/mol. The van der Waals surface area contributed by atoms with Gasteiger partial charge in [0.1, 0.15) is 6.61 Å². The second-order valence-corrected chi connectivity index (χ2v) is 5.79. The van der Waals surface area contributed by atoms with Crippen molar-refractivity contribution in [3.8, 4) is 0 Å². The smallest absolute Gasteiger partial charge is 0.408 e. The third-order valence-electron chi connectivity index (χ3n) is 3.06. The zero-order chi connectivity index (χ0) is 15.9. The molecule has 2 rings (SSSR count). The van der Waals surface area contributed by atoms with Crippen molar-refractivity contribution in [3.05, 3.63) is 35.9 Å². The first-order valence-electron chi connectivity index (χ1n) is 6.85. The number of rotatable bonds is 5. The minimum absolute atomic E-state index is 0.212. The number of ether oxygens (including phenoxy) is 2. The van der Waals surface area contributed by atoms with E-state index >= 15 is 0 Å². The highest BCUT2D eigenvalue weighted by molar-refractivity contribution is 8.14. The van der Waals surface area contributed by atoms with Crippen LogP contribution < -0.4 is 5.32 Å². The second-order valence-electron chi connectivity index (χ2n) is 4.75. The van der Waals surface area contributed by atoms with Crippen LogP contribution in [-0.2, 0) is 20.9 Å². The number of alkyl carbamates (subject to hydrolysis) is 1. The number of hydrogen-bond donors (Lipinski definition) is 1. The van der Waals surface area contributed by atoms with E-state index in [1.165, 1.54) is 18.9 Å². The van der Waals surface area contributed by atoms with Crippen LogP contribution in [0.1, 0.15) is 12.5 Å². The molecule has 1 N–H and O–H groups in total. The van der Waals surface area contributed by atoms with Crippen LogP contribution in [0.15, 0.2) is 35.3 Å². The molecule has 0 spiro atoms. The van der Waals surface area contributed by atoms with Gasteiger partial charge in [-0.25, -0.2) is 9.59 Å². The molecule has 0 bridgehead atoms. The molecule has 1 heterocycles. The molecule has 7 heteroatoms. The summed E-state index contributed by atoms with van der Waals surface area (Å²) >= 11 is 1.44. The number of methoxy groups -OCH3 is 1. The number of carbonyl (C=O) groups excluding carboxylic acids is 2. The molecule has 0 fully saturated rings. The van der Waals surface area contributed by atoms with Crippen LogP contribution in [0.25, 0.3) is 0 Å². The summed E-state index contributed by atoms with van der Waals surface area (Å²) in [6, 6.07) is 8.64. The monoisotopic (exact) mass is 322 g/mol. The quantitative estimate of drug-likeness (QED) is 0.839. The number of benzene rings is 1. The maximum atomic E-state index is 11.8. The standard InChI is InChI=1S/C15H18N2O4S/c1-10(13-17-12(9-22-13)14(18)20-2)16-15(19)21-8-11-6-4-3-5-7-11/h3-7,10,12H,8-9H2,1-2H3,(H,16,19)/t10-,12+/m0/s1. The summed E-state index contributed by atoms with van der Waals surface area (Å²) in [5.74, 6) is 0.175. The molecule has 1 aromatic carbocycles. The van der Waals surface area contributed by atoms with Gasteiger partial charge in [0, 0.05) is 5.75 Å². The fourth-order valence-corrected chi connectivity index (χ4v) is 2.94. The summed E-state index contributed by atoms with van der Waals surface area (Å²) in [5, 5.41) is 3.41. The molecule has 22 heavy (non-hydrogen) atoms. The molecule has 2 atom stereocenters. The van der Waals surface area contributed by atoms with E-state index < -0.39 is 12.1 Å². The van der Waals surface area contributed by atoms with Gasteiger partial charge in [-0.2, -0.15) is 0 Å². The molecule has 0 aromatic heterocycles. The Kier molecular flexibility index (Phi) is 5.83. The first-order valence-corrected chi connectivity index (χ1v) is 7.84. The lowest BCUT2D eigenvalue weighted by atomic mass is 10.2. The number of amides is 1. The SMILES string of the molecule is COC(=O)[C@H]1CSC([C@H](C)NC(=O)OCc2ccccc2)=N1. The number of nitrogens with one attached hydrogen (secondary N) is 1. The van der Waals surface area contributed by atoms with Gasteiger partial charge in [0.05, 0.1) is 18.2 Å². The zero-order valence-electron chi connectivity index (χ0n) is 12.4. The summed E-state index contributed by atoms with van der Waals surface area (Å²) in [5.41, 5.74) is 0.920. The topological polar surface area (TPSA) is 77.0 Å². The van der Waals surface area contributed by atoms with E-state index in [2.05, 4.69) is 15.0 Å². The largest absolute Gasteiger partial charge is 0.467 e. The molecule has 0 unspecified atom stereocenters. The van der Waals surface area contributed by atoms with Crippen molar-refractivity contribution in [2.75, 3.05) is 12.9 Å². The van der Waals surface area contributed by atoms with Gasteiger partial charge >= 0.3 is 12.1 Å². The molecule has 0 aliphatic carbocycles. The lowest BCUT2D eigenvalue weighted by Crippen LogP contribution is -2.37. The fourth-order valence-electron chi connectivity index (χ4n) is 1.89. The van der Waals surface area contributed by atoms with Crippen LogP contribution in [0.3, 0.4) is 0 Å². The van der Waals surface area contributed by atoms with E-state index in [0.717, 1.165) is 5.56 Å². The van der Waals surface area contributed by atoms with Gasteiger partial charge in [-0.05, 0) is 12.5 Å². The Morgan fingerprint density at radius 2 is 2.14 bits per heavy atom. The maximum Gasteiger partial charge on any atom is 0.408 e. The normalized spacial score (nSPS) is 18.3. The van der Waals surface area contributed by atoms with E-state index in [4.69, 9.17) is 4.74 Å². The van der Waals surface area contributed by atoms with Gasteiger partial charge in [-0.1, -0.05) is 30.3 Å². The van der Waals surface area contributed by atoms with Crippen LogP contribution in [0.2, 0.25) is 0 Å². The fraction of sp³-hybridized carbons (Fsp3) is 0.400. The maximum absolute atomic E-state index is 11.8. The number of hydrogen-bond acceptors (Lipinski definition) is 6. The first kappa shape index (κ1) is 16.4. The summed E-state index contributed by atoms with van der Waals surface area (Å²) in [6.07, 6.45) is -0.513.